The minimum absolute atomic E-state index is 0.0345. The van der Waals surface area contributed by atoms with Crippen LogP contribution in [0, 0.1) is 5.82 Å². The van der Waals surface area contributed by atoms with Crippen LogP contribution in [0.5, 0.6) is 0 Å². The second-order valence-electron chi connectivity index (χ2n) is 5.54. The minimum atomic E-state index is -0.919. The zero-order valence-electron chi connectivity index (χ0n) is 12.3. The van der Waals surface area contributed by atoms with Crippen LogP contribution >= 0.6 is 0 Å². The highest BCUT2D eigenvalue weighted by molar-refractivity contribution is 5.85. The molecule has 7 heteroatoms. The molecule has 1 atom stereocenters. The Balaban J connectivity index is 2.71. The summed E-state index contributed by atoms with van der Waals surface area (Å²) in [6.07, 6.45) is -1.67. The maximum atomic E-state index is 13.6. The molecule has 118 valence electrons. The smallest absolute Gasteiger partial charge is 0.412 e. The third kappa shape index (κ3) is 6.42. The summed E-state index contributed by atoms with van der Waals surface area (Å²) in [7, 11) is 0. The number of halogens is 1. The number of carbonyl (C=O) groups excluding carboxylic acids is 1. The number of carbonyl (C=O) groups is 1. The van der Waals surface area contributed by atoms with Gasteiger partial charge >= 0.3 is 6.09 Å². The van der Waals surface area contributed by atoms with Crippen LogP contribution in [0.1, 0.15) is 20.8 Å². The van der Waals surface area contributed by atoms with Crippen molar-refractivity contribution in [2.75, 3.05) is 23.8 Å². The van der Waals surface area contributed by atoms with Gasteiger partial charge in [0.2, 0.25) is 0 Å². The highest BCUT2D eigenvalue weighted by Crippen LogP contribution is 2.20. The monoisotopic (exact) mass is 300 g/mol. The van der Waals surface area contributed by atoms with Crippen molar-refractivity contribution in [3.63, 3.8) is 0 Å². The Morgan fingerprint density at radius 1 is 1.43 bits per heavy atom. The van der Waals surface area contributed by atoms with Gasteiger partial charge in [0.05, 0.1) is 18.4 Å². The van der Waals surface area contributed by atoms with Gasteiger partial charge in [-0.25, -0.2) is 9.18 Å². The third-order valence-corrected chi connectivity index (χ3v) is 2.35. The third-order valence-electron chi connectivity index (χ3n) is 2.35. The first-order chi connectivity index (χ1) is 9.71. The fraction of sp³-hybridized carbons (Fsp3) is 0.500. The van der Waals surface area contributed by atoms with E-state index >= 15 is 0 Å². The maximum absolute atomic E-state index is 13.6. The zero-order chi connectivity index (χ0) is 16.0. The van der Waals surface area contributed by atoms with Crippen molar-refractivity contribution < 1.29 is 24.1 Å². The lowest BCUT2D eigenvalue weighted by Crippen LogP contribution is -2.27. The Kier molecular flexibility index (Phi) is 5.92. The standard InChI is InChI=1S/C14H21FN2O4/c1-14(2,3)21-13(20)17-12-6-9(4-5-11(12)15)16-7-10(19)8-18/h4-6,10,16,18-19H,7-8H2,1-3H3,(H,17,20). The lowest BCUT2D eigenvalue weighted by atomic mass is 10.2. The summed E-state index contributed by atoms with van der Waals surface area (Å²) in [5, 5.41) is 23.1. The van der Waals surface area contributed by atoms with Crippen LogP contribution < -0.4 is 10.6 Å². The van der Waals surface area contributed by atoms with Crippen LogP contribution in [-0.2, 0) is 4.74 Å². The second kappa shape index (κ2) is 7.24. The first kappa shape index (κ1) is 17.2. The summed E-state index contributed by atoms with van der Waals surface area (Å²) >= 11 is 0. The molecule has 1 aromatic rings. The van der Waals surface area contributed by atoms with E-state index in [1.165, 1.54) is 18.2 Å². The number of aliphatic hydroxyl groups excluding tert-OH is 2. The predicted octanol–water partition coefficient (Wildman–Crippen LogP) is 1.94. The molecule has 0 aliphatic carbocycles. The second-order valence-corrected chi connectivity index (χ2v) is 5.54. The SMILES string of the molecule is CC(C)(C)OC(=O)Nc1cc(NCC(O)CO)ccc1F. The van der Waals surface area contributed by atoms with Gasteiger partial charge in [-0.2, -0.15) is 0 Å². The molecule has 0 radical (unpaired) electrons. The van der Waals surface area contributed by atoms with Crippen LogP contribution in [0.2, 0.25) is 0 Å². The van der Waals surface area contributed by atoms with E-state index in [-0.39, 0.29) is 18.8 Å². The van der Waals surface area contributed by atoms with E-state index < -0.39 is 23.6 Å². The van der Waals surface area contributed by atoms with Crippen molar-refractivity contribution in [1.82, 2.24) is 0 Å². The Bertz CT molecular complexity index is 488. The first-order valence-corrected chi connectivity index (χ1v) is 6.53. The highest BCUT2D eigenvalue weighted by atomic mass is 19.1. The summed E-state index contributed by atoms with van der Waals surface area (Å²) < 4.78 is 18.7. The lowest BCUT2D eigenvalue weighted by Gasteiger charge is -2.20. The van der Waals surface area contributed by atoms with Crippen LogP contribution in [0.4, 0.5) is 20.6 Å². The zero-order valence-corrected chi connectivity index (χ0v) is 12.3. The van der Waals surface area contributed by atoms with Gasteiger partial charge in [-0.05, 0) is 39.0 Å². The number of ether oxygens (including phenoxy) is 1. The Labute approximate surface area is 122 Å². The maximum Gasteiger partial charge on any atom is 0.412 e. The van der Waals surface area contributed by atoms with Crippen LogP contribution in [0.15, 0.2) is 18.2 Å². The summed E-state index contributed by atoms with van der Waals surface area (Å²) in [6, 6.07) is 4.02. The highest BCUT2D eigenvalue weighted by Gasteiger charge is 2.17. The number of hydrogen-bond donors (Lipinski definition) is 4. The predicted molar refractivity (Wildman–Crippen MR) is 77.8 cm³/mol. The van der Waals surface area contributed by atoms with E-state index in [1.807, 2.05) is 0 Å². The molecule has 21 heavy (non-hydrogen) atoms. The molecule has 0 saturated heterocycles. The van der Waals surface area contributed by atoms with Crippen molar-refractivity contribution in [1.29, 1.82) is 0 Å². The van der Waals surface area contributed by atoms with Gasteiger partial charge in [0.15, 0.2) is 0 Å². The number of aliphatic hydroxyl groups is 2. The molecule has 0 bridgehead atoms. The van der Waals surface area contributed by atoms with Crippen molar-refractivity contribution in [3.8, 4) is 0 Å². The molecule has 0 aromatic heterocycles. The van der Waals surface area contributed by atoms with Crippen LogP contribution in [-0.4, -0.2) is 41.2 Å². The van der Waals surface area contributed by atoms with Crippen LogP contribution in [0.3, 0.4) is 0 Å². The molecule has 1 unspecified atom stereocenters. The number of nitrogens with one attached hydrogen (secondary N) is 2. The summed E-state index contributed by atoms with van der Waals surface area (Å²) in [5.41, 5.74) is -0.218. The Morgan fingerprint density at radius 3 is 2.67 bits per heavy atom. The topological polar surface area (TPSA) is 90.8 Å². The van der Waals surface area contributed by atoms with E-state index in [0.29, 0.717) is 5.69 Å². The van der Waals surface area contributed by atoms with Crippen molar-refractivity contribution in [3.05, 3.63) is 24.0 Å². The number of rotatable bonds is 5. The van der Waals surface area contributed by atoms with Crippen molar-refractivity contribution >= 4 is 17.5 Å². The Hall–Kier alpha value is -1.86. The molecule has 0 saturated carbocycles. The Morgan fingerprint density at radius 2 is 2.10 bits per heavy atom. The van der Waals surface area contributed by atoms with Gasteiger partial charge in [0.1, 0.15) is 11.4 Å². The largest absolute Gasteiger partial charge is 0.444 e. The van der Waals surface area contributed by atoms with Gasteiger partial charge in [-0.1, -0.05) is 0 Å². The van der Waals surface area contributed by atoms with E-state index in [9.17, 15) is 14.3 Å². The van der Waals surface area contributed by atoms with Gasteiger partial charge in [0.25, 0.3) is 0 Å². The van der Waals surface area contributed by atoms with Crippen molar-refractivity contribution in [2.24, 2.45) is 0 Å². The molecule has 6 nitrogen and oxygen atoms in total. The molecule has 0 fully saturated rings. The number of hydrogen-bond acceptors (Lipinski definition) is 5. The van der Waals surface area contributed by atoms with Gasteiger partial charge in [0, 0.05) is 12.2 Å². The molecule has 4 N–H and O–H groups in total. The quantitative estimate of drug-likeness (QED) is 0.667. The molecule has 0 aliphatic rings. The molecule has 1 rings (SSSR count). The van der Waals surface area contributed by atoms with Gasteiger partial charge in [-0.3, -0.25) is 5.32 Å². The fourth-order valence-electron chi connectivity index (χ4n) is 1.44. The number of anilines is 2. The lowest BCUT2D eigenvalue weighted by molar-refractivity contribution is 0.0635. The van der Waals surface area contributed by atoms with Gasteiger partial charge in [-0.15, -0.1) is 0 Å². The fourth-order valence-corrected chi connectivity index (χ4v) is 1.44. The summed E-state index contributed by atoms with van der Waals surface area (Å²) in [6.45, 7) is 4.84. The summed E-state index contributed by atoms with van der Waals surface area (Å²) in [4.78, 5) is 11.6. The molecule has 1 aromatic carbocycles. The van der Waals surface area contributed by atoms with Gasteiger partial charge < -0.3 is 20.3 Å². The molecule has 0 heterocycles. The van der Waals surface area contributed by atoms with E-state index in [4.69, 9.17) is 9.84 Å². The average molecular weight is 300 g/mol. The number of amides is 1. The minimum Gasteiger partial charge on any atom is -0.444 e. The number of benzene rings is 1. The summed E-state index contributed by atoms with van der Waals surface area (Å²) in [5.74, 6) is -0.603. The van der Waals surface area contributed by atoms with E-state index in [1.54, 1.807) is 20.8 Å². The van der Waals surface area contributed by atoms with Crippen molar-refractivity contribution in [2.45, 2.75) is 32.5 Å². The molecule has 0 aliphatic heterocycles. The van der Waals surface area contributed by atoms with Crippen LogP contribution in [0.25, 0.3) is 0 Å². The average Bonchev–Trinajstić information content (AvgIpc) is 2.37. The molecular weight excluding hydrogens is 279 g/mol. The normalized spacial score (nSPS) is 12.7. The first-order valence-electron chi connectivity index (χ1n) is 6.53. The molecular formula is C14H21FN2O4. The molecule has 0 spiro atoms. The van der Waals surface area contributed by atoms with E-state index in [2.05, 4.69) is 10.6 Å². The van der Waals surface area contributed by atoms with E-state index in [0.717, 1.165) is 0 Å². The molecule has 1 amide bonds.